The molecule has 1 amide bonds. The molecular weight excluding hydrogens is 374 g/mol. The van der Waals surface area contributed by atoms with Gasteiger partial charge in [-0.25, -0.2) is 14.8 Å². The smallest absolute Gasteiger partial charge is 0.408 e. The molecule has 0 aliphatic heterocycles. The Labute approximate surface area is 167 Å². The van der Waals surface area contributed by atoms with Gasteiger partial charge in [0.15, 0.2) is 5.16 Å². The van der Waals surface area contributed by atoms with Crippen molar-refractivity contribution < 1.29 is 14.3 Å². The summed E-state index contributed by atoms with van der Waals surface area (Å²) in [5.74, 6) is 0. The van der Waals surface area contributed by atoms with Crippen molar-refractivity contribution in [1.29, 1.82) is 0 Å². The highest BCUT2D eigenvalue weighted by Gasteiger charge is 2.24. The summed E-state index contributed by atoms with van der Waals surface area (Å²) in [6.07, 6.45) is 2.83. The number of alkyl carbamates (subject to hydrolysis) is 1. The zero-order valence-corrected chi connectivity index (χ0v) is 15.8. The van der Waals surface area contributed by atoms with E-state index in [1.165, 1.54) is 0 Å². The summed E-state index contributed by atoms with van der Waals surface area (Å²) in [5, 5.41) is 2.75. The highest BCUT2D eigenvalue weighted by molar-refractivity contribution is 8.13. The summed E-state index contributed by atoms with van der Waals surface area (Å²) < 4.78 is 5.25. The third kappa shape index (κ3) is 6.21. The third-order valence-electron chi connectivity index (χ3n) is 3.81. The fourth-order valence-electron chi connectivity index (χ4n) is 2.45. The lowest BCUT2D eigenvalue weighted by Crippen LogP contribution is -2.41. The van der Waals surface area contributed by atoms with Crippen molar-refractivity contribution >= 4 is 23.0 Å². The molecule has 0 spiro atoms. The molecule has 1 aromatic heterocycles. The lowest BCUT2D eigenvalue weighted by atomic mass is 10.1. The minimum absolute atomic E-state index is 0.133. The topological polar surface area (TPSA) is 81.2 Å². The van der Waals surface area contributed by atoms with E-state index in [2.05, 4.69) is 15.3 Å². The van der Waals surface area contributed by atoms with Crippen LogP contribution >= 0.6 is 11.8 Å². The Hall–Kier alpha value is -3.19. The molecule has 0 bridgehead atoms. The van der Waals surface area contributed by atoms with Gasteiger partial charge in [-0.1, -0.05) is 60.7 Å². The predicted octanol–water partition coefficient (Wildman–Crippen LogP) is 3.63. The molecule has 3 rings (SSSR count). The minimum Gasteiger partial charge on any atom is -0.445 e. The van der Waals surface area contributed by atoms with Crippen LogP contribution in [0.15, 0.2) is 84.3 Å². The van der Waals surface area contributed by atoms with E-state index in [0.717, 1.165) is 22.9 Å². The van der Waals surface area contributed by atoms with Gasteiger partial charge in [-0.2, -0.15) is 0 Å². The number of aromatic nitrogens is 2. The number of hydrogen-bond acceptors (Lipinski definition) is 6. The molecule has 0 fully saturated rings. The van der Waals surface area contributed by atoms with E-state index in [-0.39, 0.29) is 11.7 Å². The largest absolute Gasteiger partial charge is 0.445 e. The molecule has 142 valence electrons. The first kappa shape index (κ1) is 19.6. The lowest BCUT2D eigenvalue weighted by molar-refractivity contribution is -0.112. The molecule has 2 aromatic carbocycles. The first-order chi connectivity index (χ1) is 13.7. The quantitative estimate of drug-likeness (QED) is 0.488. The Morgan fingerprint density at radius 2 is 1.50 bits per heavy atom. The summed E-state index contributed by atoms with van der Waals surface area (Å²) >= 11 is 0.896. The second-order valence-corrected chi connectivity index (χ2v) is 6.87. The standard InChI is InChI=1S/C21H19N3O3S/c25-19(28-20-22-12-7-13-23-20)18(14-16-8-3-1-4-9-16)24-21(26)27-15-17-10-5-2-6-11-17/h1-13,18H,14-15H2,(H,24,26)/t18-/m0/s1. The van der Waals surface area contributed by atoms with Crippen LogP contribution in [0.5, 0.6) is 0 Å². The van der Waals surface area contributed by atoms with E-state index in [1.807, 2.05) is 60.7 Å². The molecule has 3 aromatic rings. The second-order valence-electron chi connectivity index (χ2n) is 5.90. The monoisotopic (exact) mass is 393 g/mol. The van der Waals surface area contributed by atoms with Crippen molar-refractivity contribution in [2.75, 3.05) is 0 Å². The van der Waals surface area contributed by atoms with Crippen LogP contribution in [0.1, 0.15) is 11.1 Å². The molecule has 7 heteroatoms. The van der Waals surface area contributed by atoms with Crippen molar-refractivity contribution in [3.8, 4) is 0 Å². The maximum atomic E-state index is 12.7. The summed E-state index contributed by atoms with van der Waals surface area (Å²) in [6, 6.07) is 19.7. The number of benzene rings is 2. The fourth-order valence-corrected chi connectivity index (χ4v) is 3.14. The Bertz CT molecular complexity index is 893. The van der Waals surface area contributed by atoms with Gasteiger partial charge in [0.2, 0.25) is 5.12 Å². The van der Waals surface area contributed by atoms with Crippen LogP contribution in [-0.4, -0.2) is 27.2 Å². The number of hydrogen-bond donors (Lipinski definition) is 1. The molecule has 6 nitrogen and oxygen atoms in total. The SMILES string of the molecule is O=C(N[C@@H](Cc1ccccc1)C(=O)Sc1ncccn1)OCc1ccccc1. The number of carbonyl (C=O) groups is 2. The maximum absolute atomic E-state index is 12.7. The first-order valence-electron chi connectivity index (χ1n) is 8.70. The Balaban J connectivity index is 1.64. The van der Waals surface area contributed by atoms with Gasteiger partial charge in [-0.05, 0) is 29.0 Å². The first-order valence-corrected chi connectivity index (χ1v) is 9.52. The number of rotatable bonds is 7. The molecule has 1 heterocycles. The highest BCUT2D eigenvalue weighted by atomic mass is 32.2. The minimum atomic E-state index is -0.764. The third-order valence-corrected chi connectivity index (χ3v) is 4.69. The summed E-state index contributed by atoms with van der Waals surface area (Å²) in [6.45, 7) is 0.133. The van der Waals surface area contributed by atoms with Crippen LogP contribution in [0.2, 0.25) is 0 Å². The highest BCUT2D eigenvalue weighted by Crippen LogP contribution is 2.17. The van der Waals surface area contributed by atoms with Crippen LogP contribution in [0.25, 0.3) is 0 Å². The van der Waals surface area contributed by atoms with E-state index in [0.29, 0.717) is 11.6 Å². The summed E-state index contributed by atoms with van der Waals surface area (Å²) in [5.41, 5.74) is 1.80. The fraction of sp³-hybridized carbons (Fsp3) is 0.143. The predicted molar refractivity (Wildman–Crippen MR) is 107 cm³/mol. The number of nitrogens with one attached hydrogen (secondary N) is 1. The van der Waals surface area contributed by atoms with Crippen LogP contribution in [0.3, 0.4) is 0 Å². The van der Waals surface area contributed by atoms with Crippen molar-refractivity contribution in [2.45, 2.75) is 24.2 Å². The molecule has 0 saturated carbocycles. The molecule has 0 radical (unpaired) electrons. The van der Waals surface area contributed by atoms with E-state index >= 15 is 0 Å². The number of amides is 1. The average Bonchev–Trinajstić information content (AvgIpc) is 2.74. The number of thioether (sulfide) groups is 1. The van der Waals surface area contributed by atoms with Gasteiger partial charge in [0, 0.05) is 18.8 Å². The van der Waals surface area contributed by atoms with Gasteiger partial charge in [0.25, 0.3) is 0 Å². The number of nitrogens with zero attached hydrogens (tertiary/aromatic N) is 2. The van der Waals surface area contributed by atoms with Crippen LogP contribution < -0.4 is 5.32 Å². The van der Waals surface area contributed by atoms with Gasteiger partial charge in [-0.3, -0.25) is 4.79 Å². The summed E-state index contributed by atoms with van der Waals surface area (Å²) in [7, 11) is 0. The molecule has 0 aliphatic carbocycles. The molecular formula is C21H19N3O3S. The normalized spacial score (nSPS) is 11.4. The Morgan fingerprint density at radius 1 is 0.893 bits per heavy atom. The van der Waals surface area contributed by atoms with Crippen molar-refractivity contribution in [3.63, 3.8) is 0 Å². The van der Waals surface area contributed by atoms with Gasteiger partial charge in [-0.15, -0.1) is 0 Å². The zero-order chi connectivity index (χ0) is 19.6. The molecule has 0 unspecified atom stereocenters. The zero-order valence-electron chi connectivity index (χ0n) is 15.0. The number of ether oxygens (including phenoxy) is 1. The summed E-state index contributed by atoms with van der Waals surface area (Å²) in [4.78, 5) is 33.1. The molecule has 0 aliphatic rings. The van der Waals surface area contributed by atoms with E-state index in [4.69, 9.17) is 4.74 Å². The molecule has 28 heavy (non-hydrogen) atoms. The van der Waals surface area contributed by atoms with Crippen LogP contribution in [0.4, 0.5) is 4.79 Å². The number of carbonyl (C=O) groups excluding carboxylic acids is 2. The van der Waals surface area contributed by atoms with Crippen molar-refractivity contribution in [1.82, 2.24) is 15.3 Å². The molecule has 0 saturated heterocycles. The van der Waals surface area contributed by atoms with Crippen molar-refractivity contribution in [3.05, 3.63) is 90.3 Å². The second kappa shape index (κ2) is 10.2. The molecule has 1 atom stereocenters. The van der Waals surface area contributed by atoms with Gasteiger partial charge in [0.1, 0.15) is 12.6 Å². The van der Waals surface area contributed by atoms with E-state index in [9.17, 15) is 9.59 Å². The van der Waals surface area contributed by atoms with E-state index < -0.39 is 12.1 Å². The van der Waals surface area contributed by atoms with Crippen LogP contribution in [0, 0.1) is 0 Å². The molecule has 1 N–H and O–H groups in total. The maximum Gasteiger partial charge on any atom is 0.408 e. The van der Waals surface area contributed by atoms with Crippen LogP contribution in [-0.2, 0) is 22.6 Å². The van der Waals surface area contributed by atoms with Crippen molar-refractivity contribution in [2.24, 2.45) is 0 Å². The average molecular weight is 393 g/mol. The van der Waals surface area contributed by atoms with Gasteiger partial charge >= 0.3 is 6.09 Å². The van der Waals surface area contributed by atoms with Gasteiger partial charge < -0.3 is 10.1 Å². The Kier molecular flexibility index (Phi) is 7.14. The lowest BCUT2D eigenvalue weighted by Gasteiger charge is -2.17. The van der Waals surface area contributed by atoms with Gasteiger partial charge in [0.05, 0.1) is 0 Å². The Morgan fingerprint density at radius 3 is 2.14 bits per heavy atom. The van der Waals surface area contributed by atoms with E-state index in [1.54, 1.807) is 18.5 Å².